The van der Waals surface area contributed by atoms with Crippen LogP contribution in [0.25, 0.3) is 11.2 Å². The summed E-state index contributed by atoms with van der Waals surface area (Å²) in [6, 6.07) is 4.40. The van der Waals surface area contributed by atoms with Gasteiger partial charge in [0.1, 0.15) is 5.65 Å². The molecule has 2 atom stereocenters. The molecule has 4 rings (SSSR count). The first-order chi connectivity index (χ1) is 8.40. The molecule has 4 heteroatoms. The van der Waals surface area contributed by atoms with Crippen molar-refractivity contribution in [3.05, 3.63) is 42.4 Å². The van der Waals surface area contributed by atoms with Crippen molar-refractivity contribution in [1.82, 2.24) is 14.7 Å². The van der Waals surface area contributed by atoms with Gasteiger partial charge >= 0.3 is 0 Å². The molecule has 1 saturated heterocycles. The summed E-state index contributed by atoms with van der Waals surface area (Å²) in [7, 11) is 0. The van der Waals surface area contributed by atoms with Crippen LogP contribution in [0.4, 0.5) is 0 Å². The van der Waals surface area contributed by atoms with E-state index in [1.54, 1.807) is 0 Å². The number of pyridine rings is 1. The smallest absolute Gasteiger partial charge is 0.137 e. The van der Waals surface area contributed by atoms with Gasteiger partial charge in [-0.15, -0.1) is 12.4 Å². The van der Waals surface area contributed by atoms with E-state index in [1.807, 2.05) is 12.4 Å². The minimum atomic E-state index is 0. The SMILES string of the molecule is C1=C(c2ccn3ccnc3c2)CC2CNCC12.Cl. The number of rotatable bonds is 1. The van der Waals surface area contributed by atoms with Gasteiger partial charge in [0.2, 0.25) is 0 Å². The number of halogens is 1. The summed E-state index contributed by atoms with van der Waals surface area (Å²) < 4.78 is 2.06. The topological polar surface area (TPSA) is 29.3 Å². The minimum absolute atomic E-state index is 0. The number of fused-ring (bicyclic) bond motifs is 2. The molecule has 3 nitrogen and oxygen atoms in total. The molecule has 0 spiro atoms. The molecule has 0 amide bonds. The van der Waals surface area contributed by atoms with E-state index in [1.165, 1.54) is 24.1 Å². The van der Waals surface area contributed by atoms with E-state index in [4.69, 9.17) is 0 Å². The number of hydrogen-bond acceptors (Lipinski definition) is 2. The van der Waals surface area contributed by atoms with Crippen molar-refractivity contribution >= 4 is 23.6 Å². The molecule has 2 unspecified atom stereocenters. The monoisotopic (exact) mass is 261 g/mol. The number of nitrogens with one attached hydrogen (secondary N) is 1. The normalized spacial score (nSPS) is 25.9. The lowest BCUT2D eigenvalue weighted by molar-refractivity contribution is 0.536. The Morgan fingerprint density at radius 3 is 3.11 bits per heavy atom. The lowest BCUT2D eigenvalue weighted by atomic mass is 9.99. The average Bonchev–Trinajstić information content (AvgIpc) is 3.02. The highest BCUT2D eigenvalue weighted by Crippen LogP contribution is 2.38. The standard InChI is InChI=1S/C14H15N3.ClH/c1-3-17-4-2-16-14(17)7-10(1)11-5-12-8-15-9-13(12)6-11;/h1-5,7,12-13,15H,6,8-9H2;1H. The van der Waals surface area contributed by atoms with Crippen molar-refractivity contribution < 1.29 is 0 Å². The van der Waals surface area contributed by atoms with Crippen molar-refractivity contribution in [2.24, 2.45) is 11.8 Å². The third-order valence-electron chi connectivity index (χ3n) is 4.06. The Bertz CT molecular complexity index is 602. The van der Waals surface area contributed by atoms with Crippen molar-refractivity contribution in [2.75, 3.05) is 13.1 Å². The molecule has 2 aromatic rings. The largest absolute Gasteiger partial charge is 0.316 e. The molecule has 1 fully saturated rings. The fourth-order valence-electron chi connectivity index (χ4n) is 3.10. The number of aromatic nitrogens is 2. The zero-order valence-corrected chi connectivity index (χ0v) is 10.9. The summed E-state index contributed by atoms with van der Waals surface area (Å²) in [6.45, 7) is 2.33. The maximum atomic E-state index is 4.35. The van der Waals surface area contributed by atoms with Crippen LogP contribution in [0.3, 0.4) is 0 Å². The van der Waals surface area contributed by atoms with E-state index in [0.29, 0.717) is 0 Å². The first-order valence-corrected chi connectivity index (χ1v) is 6.25. The zero-order chi connectivity index (χ0) is 11.2. The molecular formula is C14H16ClN3. The van der Waals surface area contributed by atoms with Crippen LogP contribution in [-0.2, 0) is 0 Å². The Balaban J connectivity index is 0.000001000. The highest BCUT2D eigenvalue weighted by Gasteiger charge is 2.31. The van der Waals surface area contributed by atoms with Crippen LogP contribution < -0.4 is 5.32 Å². The third kappa shape index (κ3) is 1.74. The summed E-state index contributed by atoms with van der Waals surface area (Å²) in [6.07, 6.45) is 9.61. The van der Waals surface area contributed by atoms with Gasteiger partial charge in [0.15, 0.2) is 0 Å². The molecule has 1 N–H and O–H groups in total. The first-order valence-electron chi connectivity index (χ1n) is 6.25. The molecule has 3 heterocycles. The molecule has 94 valence electrons. The van der Waals surface area contributed by atoms with Crippen LogP contribution in [0.5, 0.6) is 0 Å². The van der Waals surface area contributed by atoms with Crippen LogP contribution >= 0.6 is 12.4 Å². The van der Waals surface area contributed by atoms with Gasteiger partial charge < -0.3 is 9.72 Å². The molecule has 18 heavy (non-hydrogen) atoms. The van der Waals surface area contributed by atoms with Gasteiger partial charge in [0.05, 0.1) is 0 Å². The molecule has 2 aliphatic rings. The summed E-state index contributed by atoms with van der Waals surface area (Å²) in [5.41, 5.74) is 3.89. The Kier molecular flexibility index (Phi) is 2.88. The highest BCUT2D eigenvalue weighted by molar-refractivity contribution is 5.85. The Morgan fingerprint density at radius 2 is 2.22 bits per heavy atom. The van der Waals surface area contributed by atoms with E-state index >= 15 is 0 Å². The van der Waals surface area contributed by atoms with Crippen LogP contribution in [0.2, 0.25) is 0 Å². The molecule has 1 aliphatic heterocycles. The number of allylic oxidation sites excluding steroid dienone is 1. The average molecular weight is 262 g/mol. The molecule has 0 bridgehead atoms. The predicted molar refractivity (Wildman–Crippen MR) is 74.9 cm³/mol. The van der Waals surface area contributed by atoms with E-state index in [-0.39, 0.29) is 12.4 Å². The van der Waals surface area contributed by atoms with Gasteiger partial charge in [-0.05, 0) is 48.1 Å². The second kappa shape index (κ2) is 4.41. The quantitative estimate of drug-likeness (QED) is 0.854. The molecule has 0 saturated carbocycles. The van der Waals surface area contributed by atoms with Crippen LogP contribution in [0.1, 0.15) is 12.0 Å². The molecule has 1 aliphatic carbocycles. The Labute approximate surface area is 112 Å². The zero-order valence-electron chi connectivity index (χ0n) is 10.0. The van der Waals surface area contributed by atoms with Gasteiger partial charge in [-0.25, -0.2) is 4.98 Å². The lowest BCUT2D eigenvalue weighted by Gasteiger charge is -2.06. The third-order valence-corrected chi connectivity index (χ3v) is 4.06. The van der Waals surface area contributed by atoms with Crippen molar-refractivity contribution in [2.45, 2.75) is 6.42 Å². The fourth-order valence-corrected chi connectivity index (χ4v) is 3.10. The van der Waals surface area contributed by atoms with E-state index in [0.717, 1.165) is 24.0 Å². The summed E-state index contributed by atoms with van der Waals surface area (Å²) >= 11 is 0. The molecule has 0 radical (unpaired) electrons. The summed E-state index contributed by atoms with van der Waals surface area (Å²) in [4.78, 5) is 4.35. The fraction of sp³-hybridized carbons (Fsp3) is 0.357. The lowest BCUT2D eigenvalue weighted by Crippen LogP contribution is -2.09. The second-order valence-electron chi connectivity index (χ2n) is 5.09. The van der Waals surface area contributed by atoms with Crippen LogP contribution in [0, 0.1) is 11.8 Å². The van der Waals surface area contributed by atoms with Crippen molar-refractivity contribution in [3.63, 3.8) is 0 Å². The van der Waals surface area contributed by atoms with Gasteiger partial charge in [-0.2, -0.15) is 0 Å². The van der Waals surface area contributed by atoms with Crippen molar-refractivity contribution in [3.8, 4) is 0 Å². The van der Waals surface area contributed by atoms with E-state index < -0.39 is 0 Å². The minimum Gasteiger partial charge on any atom is -0.316 e. The van der Waals surface area contributed by atoms with E-state index in [9.17, 15) is 0 Å². The number of nitrogens with zero attached hydrogens (tertiary/aromatic N) is 2. The maximum Gasteiger partial charge on any atom is 0.137 e. The predicted octanol–water partition coefficient (Wildman–Crippen LogP) is 2.38. The van der Waals surface area contributed by atoms with Crippen LogP contribution in [0.15, 0.2) is 36.8 Å². The van der Waals surface area contributed by atoms with Crippen LogP contribution in [-0.4, -0.2) is 22.5 Å². The molecule has 2 aromatic heterocycles. The van der Waals surface area contributed by atoms with Crippen molar-refractivity contribution in [1.29, 1.82) is 0 Å². The maximum absolute atomic E-state index is 4.35. The molecular weight excluding hydrogens is 246 g/mol. The van der Waals surface area contributed by atoms with E-state index in [2.05, 4.69) is 39.1 Å². The van der Waals surface area contributed by atoms with Gasteiger partial charge in [-0.1, -0.05) is 6.08 Å². The van der Waals surface area contributed by atoms with Gasteiger partial charge in [0.25, 0.3) is 0 Å². The number of hydrogen-bond donors (Lipinski definition) is 1. The molecule has 0 aromatic carbocycles. The highest BCUT2D eigenvalue weighted by atomic mass is 35.5. The Hall–Kier alpha value is -1.32. The summed E-state index contributed by atoms with van der Waals surface area (Å²) in [5, 5.41) is 3.46. The Morgan fingerprint density at radius 1 is 1.28 bits per heavy atom. The number of imidazole rings is 1. The summed E-state index contributed by atoms with van der Waals surface area (Å²) in [5.74, 6) is 1.57. The van der Waals surface area contributed by atoms with Gasteiger partial charge in [-0.3, -0.25) is 0 Å². The second-order valence-corrected chi connectivity index (χ2v) is 5.09. The van der Waals surface area contributed by atoms with Gasteiger partial charge in [0, 0.05) is 25.1 Å². The first kappa shape index (κ1) is 11.8.